The van der Waals surface area contributed by atoms with Gasteiger partial charge in [-0.15, -0.1) is 12.4 Å². The van der Waals surface area contributed by atoms with E-state index in [1.54, 1.807) is 4.31 Å². The molecule has 0 amide bonds. The van der Waals surface area contributed by atoms with Crippen molar-refractivity contribution in [3.63, 3.8) is 0 Å². The topological polar surface area (TPSA) is 49.4 Å². The van der Waals surface area contributed by atoms with Crippen LogP contribution in [0.5, 0.6) is 0 Å². The highest BCUT2D eigenvalue weighted by atomic mass is 35.5. The molecule has 0 aromatic heterocycles. The van der Waals surface area contributed by atoms with Crippen LogP contribution >= 0.6 is 12.4 Å². The summed E-state index contributed by atoms with van der Waals surface area (Å²) in [6.07, 6.45) is 3.10. The van der Waals surface area contributed by atoms with Crippen LogP contribution in [0, 0.1) is 0 Å². The first-order valence-electron chi connectivity index (χ1n) is 4.90. The summed E-state index contributed by atoms with van der Waals surface area (Å²) in [7, 11) is -2.88. The van der Waals surface area contributed by atoms with Crippen LogP contribution < -0.4 is 5.32 Å². The maximum absolute atomic E-state index is 11.4. The summed E-state index contributed by atoms with van der Waals surface area (Å²) in [5.74, 6) is 0.347. The second kappa shape index (κ2) is 4.79. The van der Waals surface area contributed by atoms with Gasteiger partial charge in [0.1, 0.15) is 0 Å². The molecule has 0 aromatic carbocycles. The maximum atomic E-state index is 11.4. The lowest BCUT2D eigenvalue weighted by Gasteiger charge is -2.18. The van der Waals surface area contributed by atoms with Crippen LogP contribution in [-0.4, -0.2) is 44.2 Å². The summed E-state index contributed by atoms with van der Waals surface area (Å²) < 4.78 is 24.5. The van der Waals surface area contributed by atoms with E-state index < -0.39 is 10.0 Å². The highest BCUT2D eigenvalue weighted by Gasteiger charge is 2.30. The van der Waals surface area contributed by atoms with E-state index in [0.717, 1.165) is 25.9 Å². The highest BCUT2D eigenvalue weighted by molar-refractivity contribution is 7.89. The van der Waals surface area contributed by atoms with Crippen molar-refractivity contribution in [3.05, 3.63) is 0 Å². The maximum Gasteiger partial charge on any atom is 0.214 e. The van der Waals surface area contributed by atoms with E-state index in [-0.39, 0.29) is 12.4 Å². The van der Waals surface area contributed by atoms with E-state index in [1.807, 2.05) is 0 Å². The number of hydrogen-bond acceptors (Lipinski definition) is 3. The summed E-state index contributed by atoms with van der Waals surface area (Å²) in [4.78, 5) is 0. The van der Waals surface area contributed by atoms with Gasteiger partial charge in [-0.3, -0.25) is 0 Å². The molecule has 2 fully saturated rings. The number of rotatable bonds is 2. The van der Waals surface area contributed by atoms with E-state index in [4.69, 9.17) is 0 Å². The zero-order valence-electron chi connectivity index (χ0n) is 8.11. The second-order valence-electron chi connectivity index (χ2n) is 3.82. The van der Waals surface area contributed by atoms with Crippen LogP contribution in [0.4, 0.5) is 0 Å². The first-order chi connectivity index (χ1) is 6.18. The van der Waals surface area contributed by atoms with E-state index in [2.05, 4.69) is 5.32 Å². The standard InChI is InChI=1S/C8H16N2O2S.ClH/c11-13(12)6-2-5-10(13)7-8-3-1-4-9-8;/h8-9H,1-7H2;1H. The Kier molecular flexibility index (Phi) is 4.18. The van der Waals surface area contributed by atoms with Gasteiger partial charge in [-0.2, -0.15) is 0 Å². The van der Waals surface area contributed by atoms with Crippen LogP contribution in [0.3, 0.4) is 0 Å². The molecular weight excluding hydrogens is 224 g/mol. The van der Waals surface area contributed by atoms with E-state index in [0.29, 0.717) is 18.3 Å². The smallest absolute Gasteiger partial charge is 0.214 e. The van der Waals surface area contributed by atoms with Crippen molar-refractivity contribution in [1.82, 2.24) is 9.62 Å². The van der Waals surface area contributed by atoms with Gasteiger partial charge in [0, 0.05) is 19.1 Å². The number of nitrogens with zero attached hydrogens (tertiary/aromatic N) is 1. The lowest BCUT2D eigenvalue weighted by atomic mass is 10.2. The third kappa shape index (κ3) is 2.59. The normalized spacial score (nSPS) is 31.6. The van der Waals surface area contributed by atoms with Gasteiger partial charge >= 0.3 is 0 Å². The third-order valence-electron chi connectivity index (χ3n) is 2.79. The van der Waals surface area contributed by atoms with Crippen LogP contribution in [0.2, 0.25) is 0 Å². The minimum absolute atomic E-state index is 0. The molecule has 0 bridgehead atoms. The van der Waals surface area contributed by atoms with Crippen molar-refractivity contribution in [2.45, 2.75) is 25.3 Å². The Morgan fingerprint density at radius 2 is 2.14 bits per heavy atom. The zero-order chi connectivity index (χ0) is 9.31. The van der Waals surface area contributed by atoms with Gasteiger partial charge in [0.05, 0.1) is 5.75 Å². The van der Waals surface area contributed by atoms with Gasteiger partial charge in [0.15, 0.2) is 0 Å². The number of hydrogen-bond donors (Lipinski definition) is 1. The van der Waals surface area contributed by atoms with Crippen molar-refractivity contribution >= 4 is 22.4 Å². The fourth-order valence-corrected chi connectivity index (χ4v) is 3.62. The first-order valence-corrected chi connectivity index (χ1v) is 6.50. The highest BCUT2D eigenvalue weighted by Crippen LogP contribution is 2.16. The summed E-state index contributed by atoms with van der Waals surface area (Å²) >= 11 is 0. The Bertz CT molecular complexity index is 275. The van der Waals surface area contributed by atoms with Crippen LogP contribution in [0.1, 0.15) is 19.3 Å². The third-order valence-corrected chi connectivity index (χ3v) is 4.71. The van der Waals surface area contributed by atoms with Crippen molar-refractivity contribution in [2.75, 3.05) is 25.4 Å². The number of nitrogens with one attached hydrogen (secondary N) is 1. The molecule has 0 saturated carbocycles. The molecule has 4 nitrogen and oxygen atoms in total. The molecule has 0 aromatic rings. The Balaban J connectivity index is 0.000000980. The van der Waals surface area contributed by atoms with Crippen LogP contribution in [0.25, 0.3) is 0 Å². The fourth-order valence-electron chi connectivity index (χ4n) is 2.05. The van der Waals surface area contributed by atoms with Gasteiger partial charge < -0.3 is 5.32 Å². The molecule has 1 N–H and O–H groups in total. The quantitative estimate of drug-likeness (QED) is 0.750. The van der Waals surface area contributed by atoms with Crippen LogP contribution in [-0.2, 0) is 10.0 Å². The molecule has 1 atom stereocenters. The lowest BCUT2D eigenvalue weighted by Crippen LogP contribution is -2.38. The van der Waals surface area contributed by atoms with Gasteiger partial charge in [0.2, 0.25) is 10.0 Å². The van der Waals surface area contributed by atoms with Crippen molar-refractivity contribution < 1.29 is 8.42 Å². The Morgan fingerprint density at radius 1 is 1.36 bits per heavy atom. The summed E-state index contributed by atoms with van der Waals surface area (Å²) in [6.45, 7) is 2.45. The molecule has 14 heavy (non-hydrogen) atoms. The zero-order valence-corrected chi connectivity index (χ0v) is 9.74. The fraction of sp³-hybridized carbons (Fsp3) is 1.00. The Morgan fingerprint density at radius 3 is 2.64 bits per heavy atom. The molecule has 1 unspecified atom stereocenters. The lowest BCUT2D eigenvalue weighted by molar-refractivity contribution is 0.394. The second-order valence-corrected chi connectivity index (χ2v) is 5.91. The van der Waals surface area contributed by atoms with Gasteiger partial charge in [-0.05, 0) is 25.8 Å². The molecule has 0 radical (unpaired) electrons. The van der Waals surface area contributed by atoms with Crippen molar-refractivity contribution in [1.29, 1.82) is 0 Å². The molecule has 84 valence electrons. The van der Waals surface area contributed by atoms with E-state index in [1.165, 1.54) is 6.42 Å². The minimum atomic E-state index is -2.88. The van der Waals surface area contributed by atoms with Gasteiger partial charge in [-0.25, -0.2) is 12.7 Å². The van der Waals surface area contributed by atoms with Gasteiger partial charge in [0.25, 0.3) is 0 Å². The average molecular weight is 241 g/mol. The molecule has 2 aliphatic heterocycles. The van der Waals surface area contributed by atoms with Crippen LogP contribution in [0.15, 0.2) is 0 Å². The first kappa shape index (κ1) is 12.2. The molecular formula is C8H17ClN2O2S. The SMILES string of the molecule is Cl.O=S1(=O)CCCN1CC1CCCN1. The molecule has 6 heteroatoms. The van der Waals surface area contributed by atoms with Crippen molar-refractivity contribution in [3.8, 4) is 0 Å². The summed E-state index contributed by atoms with van der Waals surface area (Å²) in [5.41, 5.74) is 0. The molecule has 0 spiro atoms. The van der Waals surface area contributed by atoms with E-state index >= 15 is 0 Å². The largest absolute Gasteiger partial charge is 0.313 e. The monoisotopic (exact) mass is 240 g/mol. The number of sulfonamides is 1. The molecule has 0 aliphatic carbocycles. The number of halogens is 1. The molecule has 2 rings (SSSR count). The Labute approximate surface area is 91.5 Å². The summed E-state index contributed by atoms with van der Waals surface area (Å²) in [6, 6.07) is 0.396. The van der Waals surface area contributed by atoms with E-state index in [9.17, 15) is 8.42 Å². The molecule has 2 heterocycles. The molecule has 2 aliphatic rings. The average Bonchev–Trinajstić information content (AvgIpc) is 2.63. The Hall–Kier alpha value is 0.160. The summed E-state index contributed by atoms with van der Waals surface area (Å²) in [5, 5.41) is 3.32. The minimum Gasteiger partial charge on any atom is -0.313 e. The predicted molar refractivity (Wildman–Crippen MR) is 58.2 cm³/mol. The van der Waals surface area contributed by atoms with Gasteiger partial charge in [-0.1, -0.05) is 0 Å². The van der Waals surface area contributed by atoms with Crippen molar-refractivity contribution in [2.24, 2.45) is 0 Å². The molecule has 2 saturated heterocycles. The predicted octanol–water partition coefficient (Wildman–Crippen LogP) is 0.196.